The zero-order valence-corrected chi connectivity index (χ0v) is 6.17. The minimum atomic E-state index is -1.05. The summed E-state index contributed by atoms with van der Waals surface area (Å²) in [6.45, 7) is 4.00. The van der Waals surface area contributed by atoms with Crippen molar-refractivity contribution in [3.05, 3.63) is 0 Å². The lowest BCUT2D eigenvalue weighted by Gasteiger charge is -2.23. The predicted octanol–water partition coefficient (Wildman–Crippen LogP) is 1.04. The zero-order chi connectivity index (χ0) is 7.28. The van der Waals surface area contributed by atoms with Gasteiger partial charge in [-0.2, -0.15) is 0 Å². The predicted molar refractivity (Wildman–Crippen MR) is 39.1 cm³/mol. The number of hydrogen-bond acceptors (Lipinski definition) is 2. The number of hydrogen-bond donors (Lipinski definition) is 2. The van der Waals surface area contributed by atoms with Crippen molar-refractivity contribution in [2.24, 2.45) is 0 Å². The molecule has 0 spiro atoms. The van der Waals surface area contributed by atoms with E-state index in [-0.39, 0.29) is 5.82 Å². The van der Waals surface area contributed by atoms with Crippen LogP contribution in [0.4, 0.5) is 0 Å². The summed E-state index contributed by atoms with van der Waals surface area (Å²) in [4.78, 5) is 0. The summed E-state index contributed by atoms with van der Waals surface area (Å²) in [5.41, 5.74) is 0. The van der Waals surface area contributed by atoms with Crippen molar-refractivity contribution in [1.29, 1.82) is 0 Å². The van der Waals surface area contributed by atoms with Gasteiger partial charge >= 0.3 is 7.12 Å². The van der Waals surface area contributed by atoms with Crippen LogP contribution in [0.5, 0.6) is 0 Å². The van der Waals surface area contributed by atoms with Crippen molar-refractivity contribution in [2.75, 3.05) is 0 Å². The van der Waals surface area contributed by atoms with Gasteiger partial charge in [0.15, 0.2) is 0 Å². The van der Waals surface area contributed by atoms with Gasteiger partial charge in [-0.05, 0) is 5.82 Å². The maximum Gasteiger partial charge on any atom is 0.454 e. The van der Waals surface area contributed by atoms with Crippen LogP contribution in [0, 0.1) is 0 Å². The van der Waals surface area contributed by atoms with Crippen LogP contribution < -0.4 is 0 Å². The normalized spacial score (nSPS) is 17.3. The van der Waals surface area contributed by atoms with E-state index >= 15 is 0 Å². The molecule has 1 rings (SSSR count). The van der Waals surface area contributed by atoms with Crippen LogP contribution >= 0.6 is 0 Å². The molecule has 1 saturated carbocycles. The molecule has 1 aliphatic carbocycles. The van der Waals surface area contributed by atoms with E-state index in [0.717, 1.165) is 12.8 Å². The largest absolute Gasteiger partial charge is 0.454 e. The Balaban J connectivity index is 0.000000291. The van der Waals surface area contributed by atoms with E-state index in [4.69, 9.17) is 10.0 Å². The van der Waals surface area contributed by atoms with Crippen LogP contribution in [0.25, 0.3) is 0 Å². The minimum Gasteiger partial charge on any atom is -0.427 e. The van der Waals surface area contributed by atoms with Gasteiger partial charge < -0.3 is 10.0 Å². The van der Waals surface area contributed by atoms with Crippen molar-refractivity contribution >= 4 is 7.12 Å². The molecule has 0 aromatic carbocycles. The van der Waals surface area contributed by atoms with Crippen molar-refractivity contribution in [3.8, 4) is 0 Å². The van der Waals surface area contributed by atoms with Gasteiger partial charge in [-0.1, -0.05) is 33.1 Å². The van der Waals surface area contributed by atoms with Crippen molar-refractivity contribution < 1.29 is 10.0 Å². The van der Waals surface area contributed by atoms with Gasteiger partial charge in [0, 0.05) is 0 Å². The fourth-order valence-electron chi connectivity index (χ4n) is 0.738. The molecule has 3 heteroatoms. The third-order valence-electron chi connectivity index (χ3n) is 1.57. The Bertz CT molecular complexity index is 62.1. The van der Waals surface area contributed by atoms with E-state index in [1.165, 1.54) is 6.42 Å². The molecular weight excluding hydrogens is 115 g/mol. The molecular formula is C6H15BO2. The molecule has 0 radical (unpaired) electrons. The third kappa shape index (κ3) is 2.87. The molecule has 54 valence electrons. The van der Waals surface area contributed by atoms with Gasteiger partial charge in [0.25, 0.3) is 0 Å². The lowest BCUT2D eigenvalue weighted by Crippen LogP contribution is -2.25. The Labute approximate surface area is 57.0 Å². The molecule has 0 saturated heterocycles. The first-order valence-corrected chi connectivity index (χ1v) is 3.67. The molecule has 0 aromatic heterocycles. The molecule has 0 aliphatic heterocycles. The van der Waals surface area contributed by atoms with Gasteiger partial charge in [-0.15, -0.1) is 0 Å². The SMILES string of the molecule is CC.OB(O)C1CCC1. The Morgan fingerprint density at radius 1 is 1.22 bits per heavy atom. The molecule has 0 bridgehead atoms. The summed E-state index contributed by atoms with van der Waals surface area (Å²) >= 11 is 0. The molecule has 2 nitrogen and oxygen atoms in total. The fraction of sp³-hybridized carbons (Fsp3) is 1.00. The van der Waals surface area contributed by atoms with E-state index in [0.29, 0.717) is 0 Å². The number of rotatable bonds is 1. The van der Waals surface area contributed by atoms with E-state index in [1.807, 2.05) is 13.8 Å². The van der Waals surface area contributed by atoms with Gasteiger partial charge in [-0.25, -0.2) is 0 Å². The monoisotopic (exact) mass is 130 g/mol. The van der Waals surface area contributed by atoms with E-state index < -0.39 is 7.12 Å². The second-order valence-corrected chi connectivity index (χ2v) is 2.10. The van der Waals surface area contributed by atoms with Crippen LogP contribution in [0.3, 0.4) is 0 Å². The molecule has 1 aliphatic rings. The first-order chi connectivity index (χ1) is 4.30. The molecule has 1 fully saturated rings. The van der Waals surface area contributed by atoms with E-state index in [2.05, 4.69) is 0 Å². The van der Waals surface area contributed by atoms with Crippen LogP contribution in [0.2, 0.25) is 5.82 Å². The van der Waals surface area contributed by atoms with Crippen LogP contribution in [-0.2, 0) is 0 Å². The first kappa shape index (κ1) is 8.98. The fourth-order valence-corrected chi connectivity index (χ4v) is 0.738. The lowest BCUT2D eigenvalue weighted by atomic mass is 9.61. The van der Waals surface area contributed by atoms with Crippen molar-refractivity contribution in [3.63, 3.8) is 0 Å². The van der Waals surface area contributed by atoms with E-state index in [9.17, 15) is 0 Å². The second kappa shape index (κ2) is 4.83. The molecule has 2 N–H and O–H groups in total. The Morgan fingerprint density at radius 3 is 1.67 bits per heavy atom. The van der Waals surface area contributed by atoms with Crippen LogP contribution in [-0.4, -0.2) is 17.2 Å². The second-order valence-electron chi connectivity index (χ2n) is 2.10. The molecule has 0 amide bonds. The smallest absolute Gasteiger partial charge is 0.427 e. The Morgan fingerprint density at radius 2 is 1.67 bits per heavy atom. The summed E-state index contributed by atoms with van der Waals surface area (Å²) < 4.78 is 0. The average Bonchev–Trinajstić information content (AvgIpc) is 1.65. The minimum absolute atomic E-state index is 0.194. The summed E-state index contributed by atoms with van der Waals surface area (Å²) in [6.07, 6.45) is 3.16. The van der Waals surface area contributed by atoms with Crippen LogP contribution in [0.15, 0.2) is 0 Å². The standard InChI is InChI=1S/C4H9BO2.C2H6/c6-5(7)4-2-1-3-4;1-2/h4,6-7H,1-3H2;1-2H3. The molecule has 0 aromatic rings. The van der Waals surface area contributed by atoms with Crippen molar-refractivity contribution in [1.82, 2.24) is 0 Å². The topological polar surface area (TPSA) is 40.5 Å². The summed E-state index contributed by atoms with van der Waals surface area (Å²) in [5, 5.41) is 16.9. The third-order valence-corrected chi connectivity index (χ3v) is 1.57. The highest BCUT2D eigenvalue weighted by Crippen LogP contribution is 2.32. The highest BCUT2D eigenvalue weighted by molar-refractivity contribution is 6.43. The van der Waals surface area contributed by atoms with Gasteiger partial charge in [-0.3, -0.25) is 0 Å². The quantitative estimate of drug-likeness (QED) is 0.520. The van der Waals surface area contributed by atoms with Gasteiger partial charge in [0.05, 0.1) is 0 Å². The zero-order valence-electron chi connectivity index (χ0n) is 6.17. The molecule has 0 atom stereocenters. The van der Waals surface area contributed by atoms with E-state index in [1.54, 1.807) is 0 Å². The Hall–Kier alpha value is -0.0151. The lowest BCUT2D eigenvalue weighted by molar-refractivity contribution is 0.336. The maximum atomic E-state index is 8.43. The molecule has 0 heterocycles. The summed E-state index contributed by atoms with van der Waals surface area (Å²) in [5.74, 6) is 0.194. The van der Waals surface area contributed by atoms with Crippen molar-refractivity contribution in [2.45, 2.75) is 38.9 Å². The van der Waals surface area contributed by atoms with Crippen LogP contribution in [0.1, 0.15) is 33.1 Å². The van der Waals surface area contributed by atoms with Gasteiger partial charge in [0.2, 0.25) is 0 Å². The maximum absolute atomic E-state index is 8.43. The summed E-state index contributed by atoms with van der Waals surface area (Å²) in [6, 6.07) is 0. The molecule has 0 unspecified atom stereocenters. The average molecular weight is 130 g/mol. The Kier molecular flexibility index (Phi) is 4.82. The molecule has 9 heavy (non-hydrogen) atoms. The first-order valence-electron chi connectivity index (χ1n) is 3.67. The summed E-state index contributed by atoms with van der Waals surface area (Å²) in [7, 11) is -1.05. The highest BCUT2D eigenvalue weighted by atomic mass is 16.4. The highest BCUT2D eigenvalue weighted by Gasteiger charge is 2.28. The van der Waals surface area contributed by atoms with Gasteiger partial charge in [0.1, 0.15) is 0 Å².